The summed E-state index contributed by atoms with van der Waals surface area (Å²) in [5.41, 5.74) is 0. The zero-order valence-corrected chi connectivity index (χ0v) is 42.6. The first kappa shape index (κ1) is 61.6. The van der Waals surface area contributed by atoms with Crippen LogP contribution in [0.25, 0.3) is 0 Å². The van der Waals surface area contributed by atoms with Crippen molar-refractivity contribution in [1.82, 2.24) is 5.32 Å². The van der Waals surface area contributed by atoms with E-state index in [9.17, 15) is 19.8 Å². The van der Waals surface area contributed by atoms with Crippen molar-refractivity contribution in [1.29, 1.82) is 0 Å². The normalized spacial score (nSPS) is 12.6. The number of rotatable bonds is 53. The maximum Gasteiger partial charge on any atom is 0.305 e. The molecule has 1 amide bonds. The summed E-state index contributed by atoms with van der Waals surface area (Å²) in [4.78, 5) is 24.4. The van der Waals surface area contributed by atoms with E-state index in [4.69, 9.17) is 4.74 Å². The summed E-state index contributed by atoms with van der Waals surface area (Å²) in [6, 6.07) is -0.625. The van der Waals surface area contributed by atoms with Gasteiger partial charge in [0.05, 0.1) is 25.4 Å². The molecule has 0 aliphatic heterocycles. The van der Waals surface area contributed by atoms with Gasteiger partial charge < -0.3 is 20.3 Å². The van der Waals surface area contributed by atoms with Crippen LogP contribution in [-0.4, -0.2) is 47.4 Å². The first-order valence-corrected chi connectivity index (χ1v) is 28.5. The molecule has 0 spiro atoms. The minimum atomic E-state index is -0.841. The van der Waals surface area contributed by atoms with E-state index in [0.29, 0.717) is 19.4 Å². The zero-order chi connectivity index (χ0) is 45.8. The number of nitrogens with one attached hydrogen (secondary N) is 1. The Morgan fingerprint density at radius 1 is 0.429 bits per heavy atom. The van der Waals surface area contributed by atoms with Gasteiger partial charge in [-0.1, -0.05) is 283 Å². The van der Waals surface area contributed by atoms with Crippen molar-refractivity contribution >= 4 is 11.9 Å². The van der Waals surface area contributed by atoms with E-state index in [0.717, 1.165) is 38.5 Å². The molecule has 3 N–H and O–H groups in total. The Kier molecular flexibility index (Phi) is 52.0. The molecule has 374 valence electrons. The van der Waals surface area contributed by atoms with Crippen LogP contribution in [0.5, 0.6) is 0 Å². The number of aliphatic hydroxyl groups is 2. The van der Waals surface area contributed by atoms with Crippen molar-refractivity contribution in [3.05, 3.63) is 12.2 Å². The molecule has 63 heavy (non-hydrogen) atoms. The van der Waals surface area contributed by atoms with Crippen molar-refractivity contribution in [3.63, 3.8) is 0 Å². The lowest BCUT2D eigenvalue weighted by molar-refractivity contribution is -0.143. The molecule has 0 aliphatic carbocycles. The van der Waals surface area contributed by atoms with Crippen LogP contribution in [0.15, 0.2) is 12.2 Å². The maximum absolute atomic E-state index is 12.4. The topological polar surface area (TPSA) is 95.9 Å². The van der Waals surface area contributed by atoms with E-state index >= 15 is 0 Å². The van der Waals surface area contributed by atoms with E-state index in [1.807, 2.05) is 6.08 Å². The highest BCUT2D eigenvalue weighted by Gasteiger charge is 2.18. The predicted octanol–water partition coefficient (Wildman–Crippen LogP) is 17.3. The number of carbonyl (C=O) groups excluding carboxylic acids is 2. The molecule has 0 fully saturated rings. The highest BCUT2D eigenvalue weighted by Crippen LogP contribution is 2.17. The van der Waals surface area contributed by atoms with Crippen molar-refractivity contribution in [2.24, 2.45) is 0 Å². The van der Waals surface area contributed by atoms with Crippen LogP contribution in [0.3, 0.4) is 0 Å². The number of allylic oxidation sites excluding steroid dienone is 1. The summed E-state index contributed by atoms with van der Waals surface area (Å²) in [5.74, 6) is -0.0557. The highest BCUT2D eigenvalue weighted by atomic mass is 16.5. The van der Waals surface area contributed by atoms with Gasteiger partial charge in [0.25, 0.3) is 0 Å². The second-order valence-electron chi connectivity index (χ2n) is 19.6. The van der Waals surface area contributed by atoms with E-state index in [1.54, 1.807) is 6.08 Å². The van der Waals surface area contributed by atoms with Crippen molar-refractivity contribution in [2.45, 2.75) is 328 Å². The Hall–Kier alpha value is -1.40. The first-order valence-electron chi connectivity index (χ1n) is 28.5. The van der Waals surface area contributed by atoms with E-state index in [2.05, 4.69) is 19.2 Å². The van der Waals surface area contributed by atoms with Gasteiger partial charge in [-0.05, 0) is 32.1 Å². The summed E-state index contributed by atoms with van der Waals surface area (Å²) < 4.78 is 5.49. The average Bonchev–Trinajstić information content (AvgIpc) is 3.28. The molecule has 0 saturated carbocycles. The van der Waals surface area contributed by atoms with Gasteiger partial charge >= 0.3 is 5.97 Å². The van der Waals surface area contributed by atoms with E-state index in [-0.39, 0.29) is 18.5 Å². The number of carbonyl (C=O) groups is 2. The van der Waals surface area contributed by atoms with Gasteiger partial charge in [-0.2, -0.15) is 0 Å². The molecular weight excluding hydrogens is 779 g/mol. The molecule has 6 nitrogen and oxygen atoms in total. The summed E-state index contributed by atoms with van der Waals surface area (Å²) in [6.45, 7) is 4.89. The standard InChI is InChI=1S/C57H111NO5/c1-3-5-7-9-11-13-14-15-16-25-28-31-35-39-43-47-51-57(62)63-52-48-44-40-36-32-29-26-23-21-19-17-18-20-22-24-27-30-34-38-42-46-50-56(61)58-54(53-59)55(60)49-45-41-37-33-12-10-8-6-4-2/h45,49,54-55,59-60H,3-44,46-48,50-53H2,1-2H3,(H,58,61)/b49-45+. The third-order valence-electron chi connectivity index (χ3n) is 13.3. The van der Waals surface area contributed by atoms with Crippen LogP contribution in [0.2, 0.25) is 0 Å². The second-order valence-corrected chi connectivity index (χ2v) is 19.6. The fourth-order valence-corrected chi connectivity index (χ4v) is 8.93. The number of hydrogen-bond acceptors (Lipinski definition) is 5. The van der Waals surface area contributed by atoms with Gasteiger partial charge in [0, 0.05) is 12.8 Å². The molecule has 0 radical (unpaired) electrons. The van der Waals surface area contributed by atoms with Crippen molar-refractivity contribution in [2.75, 3.05) is 13.2 Å². The third kappa shape index (κ3) is 49.9. The Labute approximate surface area is 393 Å². The number of hydrogen-bond donors (Lipinski definition) is 3. The van der Waals surface area contributed by atoms with Crippen LogP contribution in [0.1, 0.15) is 316 Å². The Morgan fingerprint density at radius 2 is 0.730 bits per heavy atom. The fraction of sp³-hybridized carbons (Fsp3) is 0.930. The Morgan fingerprint density at radius 3 is 1.08 bits per heavy atom. The van der Waals surface area contributed by atoms with Crippen LogP contribution in [0.4, 0.5) is 0 Å². The molecule has 0 aromatic carbocycles. The molecule has 0 bridgehead atoms. The molecule has 0 rings (SSSR count). The minimum absolute atomic E-state index is 0.0149. The van der Waals surface area contributed by atoms with Gasteiger partial charge in [0.15, 0.2) is 0 Å². The zero-order valence-electron chi connectivity index (χ0n) is 42.6. The number of esters is 1. The van der Waals surface area contributed by atoms with Crippen LogP contribution < -0.4 is 5.32 Å². The molecule has 0 heterocycles. The number of aliphatic hydroxyl groups excluding tert-OH is 2. The largest absolute Gasteiger partial charge is 0.466 e. The quantitative estimate of drug-likeness (QED) is 0.0321. The third-order valence-corrected chi connectivity index (χ3v) is 13.3. The molecule has 6 heteroatoms. The van der Waals surface area contributed by atoms with Crippen LogP contribution in [0, 0.1) is 0 Å². The molecule has 0 aliphatic rings. The SMILES string of the molecule is CCCCCCCCC/C=C/C(O)C(CO)NC(=O)CCCCCCCCCCCCCCCCCCCCCCCOC(=O)CCCCCCCCCCCCCCCCCC. The second kappa shape index (κ2) is 53.2. The monoisotopic (exact) mass is 890 g/mol. The van der Waals surface area contributed by atoms with Crippen LogP contribution in [-0.2, 0) is 14.3 Å². The summed E-state index contributed by atoms with van der Waals surface area (Å²) in [7, 11) is 0. The summed E-state index contributed by atoms with van der Waals surface area (Å²) >= 11 is 0. The minimum Gasteiger partial charge on any atom is -0.466 e. The number of unbranched alkanes of at least 4 members (excludes halogenated alkanes) is 42. The maximum atomic E-state index is 12.4. The molecule has 0 saturated heterocycles. The molecule has 0 aromatic heterocycles. The van der Waals surface area contributed by atoms with Gasteiger partial charge in [-0.3, -0.25) is 9.59 Å². The van der Waals surface area contributed by atoms with Gasteiger partial charge in [0.1, 0.15) is 0 Å². The Balaban J connectivity index is 3.35. The smallest absolute Gasteiger partial charge is 0.305 e. The lowest BCUT2D eigenvalue weighted by Gasteiger charge is -2.20. The fourth-order valence-electron chi connectivity index (χ4n) is 8.93. The molecule has 2 unspecified atom stereocenters. The Bertz CT molecular complexity index is 939. The van der Waals surface area contributed by atoms with Gasteiger partial charge in [0.2, 0.25) is 5.91 Å². The van der Waals surface area contributed by atoms with Gasteiger partial charge in [-0.25, -0.2) is 0 Å². The predicted molar refractivity (Wildman–Crippen MR) is 273 cm³/mol. The van der Waals surface area contributed by atoms with Crippen LogP contribution >= 0.6 is 0 Å². The van der Waals surface area contributed by atoms with Crippen molar-refractivity contribution < 1.29 is 24.5 Å². The van der Waals surface area contributed by atoms with Gasteiger partial charge in [-0.15, -0.1) is 0 Å². The number of ether oxygens (including phenoxy) is 1. The lowest BCUT2D eigenvalue weighted by Crippen LogP contribution is -2.45. The first-order chi connectivity index (χ1) is 31.0. The average molecular weight is 891 g/mol. The lowest BCUT2D eigenvalue weighted by atomic mass is 10.0. The molecule has 0 aromatic rings. The summed E-state index contributed by atoms with van der Waals surface area (Å²) in [6.07, 6.45) is 62.4. The van der Waals surface area contributed by atoms with E-state index < -0.39 is 12.1 Å². The molecular formula is C57H111NO5. The number of amides is 1. The highest BCUT2D eigenvalue weighted by molar-refractivity contribution is 5.76. The summed E-state index contributed by atoms with van der Waals surface area (Å²) in [5, 5.41) is 22.9. The van der Waals surface area contributed by atoms with E-state index in [1.165, 1.54) is 250 Å². The molecule has 2 atom stereocenters. The van der Waals surface area contributed by atoms with Crippen molar-refractivity contribution in [3.8, 4) is 0 Å².